The summed E-state index contributed by atoms with van der Waals surface area (Å²) >= 11 is 0. The van der Waals surface area contributed by atoms with Crippen LogP contribution in [0, 0.1) is 5.92 Å². The number of nitrogens with one attached hydrogen (secondary N) is 1. The van der Waals surface area contributed by atoms with Crippen molar-refractivity contribution < 1.29 is 24.4 Å². The number of hydrogen-bond acceptors (Lipinski definition) is 6. The van der Waals surface area contributed by atoms with Crippen molar-refractivity contribution in [2.75, 3.05) is 40.6 Å². The minimum Gasteiger partial charge on any atom is -0.396 e. The van der Waals surface area contributed by atoms with Crippen molar-refractivity contribution in [3.05, 3.63) is 0 Å². The Bertz CT molecular complexity index is 198. The van der Waals surface area contributed by atoms with Crippen molar-refractivity contribution in [2.45, 2.75) is 24.9 Å². The molecule has 0 aromatic rings. The van der Waals surface area contributed by atoms with E-state index in [2.05, 4.69) is 5.32 Å². The van der Waals surface area contributed by atoms with E-state index in [9.17, 15) is 10.2 Å². The van der Waals surface area contributed by atoms with Gasteiger partial charge in [0, 0.05) is 32.1 Å². The van der Waals surface area contributed by atoms with Gasteiger partial charge < -0.3 is 29.7 Å². The van der Waals surface area contributed by atoms with Gasteiger partial charge in [0.1, 0.15) is 0 Å². The Morgan fingerprint density at radius 1 is 1.41 bits per heavy atom. The van der Waals surface area contributed by atoms with Crippen LogP contribution in [0.5, 0.6) is 0 Å². The molecule has 1 aliphatic rings. The highest BCUT2D eigenvalue weighted by Gasteiger charge is 2.30. The standard InChI is InChI=1S/C11H23NO5/c1-12-9(5-11-16-3-4-17-11)8(6-13)10(14)7-15-2/h8-14H,3-7H2,1-2H3/t8?,9?,10-/m0/s1. The van der Waals surface area contributed by atoms with E-state index in [0.29, 0.717) is 19.6 Å². The van der Waals surface area contributed by atoms with Gasteiger partial charge in [0.15, 0.2) is 6.29 Å². The van der Waals surface area contributed by atoms with E-state index in [1.54, 1.807) is 7.05 Å². The topological polar surface area (TPSA) is 80.2 Å². The molecule has 2 unspecified atom stereocenters. The van der Waals surface area contributed by atoms with Crippen molar-refractivity contribution in [1.82, 2.24) is 5.32 Å². The van der Waals surface area contributed by atoms with Crippen LogP contribution in [-0.2, 0) is 14.2 Å². The summed E-state index contributed by atoms with van der Waals surface area (Å²) in [5.74, 6) is -0.298. The maximum atomic E-state index is 9.88. The minimum absolute atomic E-state index is 0.0757. The van der Waals surface area contributed by atoms with Gasteiger partial charge in [-0.2, -0.15) is 0 Å². The van der Waals surface area contributed by atoms with Crippen molar-refractivity contribution in [3.8, 4) is 0 Å². The van der Waals surface area contributed by atoms with Crippen LogP contribution in [0.25, 0.3) is 0 Å². The summed E-state index contributed by atoms with van der Waals surface area (Å²) in [5, 5.41) is 22.3. The zero-order chi connectivity index (χ0) is 12.7. The molecule has 0 aromatic carbocycles. The molecule has 0 aliphatic carbocycles. The smallest absolute Gasteiger partial charge is 0.159 e. The molecule has 1 saturated heterocycles. The average molecular weight is 249 g/mol. The van der Waals surface area contributed by atoms with E-state index in [4.69, 9.17) is 14.2 Å². The van der Waals surface area contributed by atoms with Gasteiger partial charge in [0.25, 0.3) is 0 Å². The molecular weight excluding hydrogens is 226 g/mol. The van der Waals surface area contributed by atoms with Gasteiger partial charge >= 0.3 is 0 Å². The molecule has 3 N–H and O–H groups in total. The Morgan fingerprint density at radius 2 is 2.06 bits per heavy atom. The monoisotopic (exact) mass is 249 g/mol. The van der Waals surface area contributed by atoms with Crippen molar-refractivity contribution in [2.24, 2.45) is 5.92 Å². The molecule has 1 heterocycles. The Balaban J connectivity index is 2.48. The molecule has 0 radical (unpaired) electrons. The molecule has 6 heteroatoms. The highest BCUT2D eigenvalue weighted by Crippen LogP contribution is 2.18. The maximum Gasteiger partial charge on any atom is 0.159 e. The molecule has 1 rings (SSSR count). The average Bonchev–Trinajstić information content (AvgIpc) is 2.81. The predicted octanol–water partition coefficient (Wildman–Crippen LogP) is -1.05. The summed E-state index contributed by atoms with van der Waals surface area (Å²) in [6.45, 7) is 1.30. The fourth-order valence-corrected chi connectivity index (χ4v) is 2.07. The molecule has 1 aliphatic heterocycles. The lowest BCUT2D eigenvalue weighted by Gasteiger charge is -2.30. The summed E-state index contributed by atoms with van der Waals surface area (Å²) in [4.78, 5) is 0. The summed E-state index contributed by atoms with van der Waals surface area (Å²) in [6, 6.07) is -0.0757. The minimum atomic E-state index is -0.705. The molecule has 0 aromatic heterocycles. The Labute approximate surface area is 102 Å². The fourth-order valence-electron chi connectivity index (χ4n) is 2.07. The lowest BCUT2D eigenvalue weighted by atomic mass is 9.92. The summed E-state index contributed by atoms with van der Waals surface area (Å²) in [5.41, 5.74) is 0. The van der Waals surface area contributed by atoms with Crippen molar-refractivity contribution >= 4 is 0 Å². The zero-order valence-corrected chi connectivity index (χ0v) is 10.5. The molecule has 0 amide bonds. The first-order valence-corrected chi connectivity index (χ1v) is 5.91. The van der Waals surface area contributed by atoms with E-state index >= 15 is 0 Å². The van der Waals surface area contributed by atoms with Gasteiger partial charge in [-0.1, -0.05) is 0 Å². The third kappa shape index (κ3) is 4.50. The lowest BCUT2D eigenvalue weighted by molar-refractivity contribution is -0.0698. The Morgan fingerprint density at radius 3 is 2.53 bits per heavy atom. The molecule has 17 heavy (non-hydrogen) atoms. The van der Waals surface area contributed by atoms with Crippen LogP contribution in [0.15, 0.2) is 0 Å². The van der Waals surface area contributed by atoms with Crippen molar-refractivity contribution in [3.63, 3.8) is 0 Å². The van der Waals surface area contributed by atoms with E-state index in [-0.39, 0.29) is 31.5 Å². The SMILES string of the molecule is CNC(CC1OCCO1)C(CO)[C@@H](O)COC. The highest BCUT2D eigenvalue weighted by molar-refractivity contribution is 4.82. The van der Waals surface area contributed by atoms with Crippen LogP contribution in [0.4, 0.5) is 0 Å². The Hall–Kier alpha value is -0.240. The quantitative estimate of drug-likeness (QED) is 0.509. The van der Waals surface area contributed by atoms with Gasteiger partial charge in [-0.25, -0.2) is 0 Å². The number of ether oxygens (including phenoxy) is 3. The zero-order valence-electron chi connectivity index (χ0n) is 10.5. The summed E-state index contributed by atoms with van der Waals surface area (Å²) in [7, 11) is 3.32. The molecule has 6 nitrogen and oxygen atoms in total. The third-order valence-corrected chi connectivity index (χ3v) is 3.07. The molecule has 1 fully saturated rings. The molecule has 0 bridgehead atoms. The van der Waals surface area contributed by atoms with Crippen LogP contribution < -0.4 is 5.32 Å². The lowest BCUT2D eigenvalue weighted by Crippen LogP contribution is -2.45. The molecule has 0 spiro atoms. The predicted molar refractivity (Wildman–Crippen MR) is 61.6 cm³/mol. The van der Waals surface area contributed by atoms with Gasteiger partial charge in [-0.15, -0.1) is 0 Å². The number of rotatable bonds is 8. The van der Waals surface area contributed by atoms with Crippen LogP contribution in [-0.4, -0.2) is 69.2 Å². The summed E-state index contributed by atoms with van der Waals surface area (Å²) < 4.78 is 15.6. The van der Waals surface area contributed by atoms with E-state index in [1.807, 2.05) is 0 Å². The third-order valence-electron chi connectivity index (χ3n) is 3.07. The van der Waals surface area contributed by atoms with Crippen LogP contribution in [0.2, 0.25) is 0 Å². The van der Waals surface area contributed by atoms with E-state index in [1.165, 1.54) is 7.11 Å². The molecule has 102 valence electrons. The van der Waals surface area contributed by atoms with Gasteiger partial charge in [-0.05, 0) is 7.05 Å². The van der Waals surface area contributed by atoms with Crippen LogP contribution >= 0.6 is 0 Å². The number of hydrogen-bond donors (Lipinski definition) is 3. The first-order chi connectivity index (χ1) is 8.22. The largest absolute Gasteiger partial charge is 0.396 e. The first kappa shape index (κ1) is 14.8. The van der Waals surface area contributed by atoms with Gasteiger partial charge in [0.2, 0.25) is 0 Å². The number of aliphatic hydroxyl groups excluding tert-OH is 2. The van der Waals surface area contributed by atoms with Gasteiger partial charge in [-0.3, -0.25) is 0 Å². The Kier molecular flexibility index (Phi) is 6.94. The van der Waals surface area contributed by atoms with Crippen molar-refractivity contribution in [1.29, 1.82) is 0 Å². The molecule has 3 atom stereocenters. The number of aliphatic hydroxyl groups is 2. The maximum absolute atomic E-state index is 9.88. The summed E-state index contributed by atoms with van der Waals surface area (Å²) in [6.07, 6.45) is -0.359. The van der Waals surface area contributed by atoms with Gasteiger partial charge in [0.05, 0.1) is 25.9 Å². The number of methoxy groups -OCH3 is 1. The second-order valence-corrected chi connectivity index (χ2v) is 4.17. The second-order valence-electron chi connectivity index (χ2n) is 4.17. The van der Waals surface area contributed by atoms with E-state index in [0.717, 1.165) is 0 Å². The first-order valence-electron chi connectivity index (χ1n) is 5.91. The van der Waals surface area contributed by atoms with Crippen LogP contribution in [0.3, 0.4) is 0 Å². The molecule has 0 saturated carbocycles. The van der Waals surface area contributed by atoms with E-state index < -0.39 is 6.10 Å². The second kappa shape index (κ2) is 7.97. The highest BCUT2D eigenvalue weighted by atomic mass is 16.7. The fraction of sp³-hybridized carbons (Fsp3) is 1.00. The van der Waals surface area contributed by atoms with Crippen LogP contribution in [0.1, 0.15) is 6.42 Å². The normalized spacial score (nSPS) is 22.6. The molecular formula is C11H23NO5.